The van der Waals surface area contributed by atoms with E-state index in [1.807, 2.05) is 77.5 Å². The molecule has 1 saturated heterocycles. The molecule has 42 heavy (non-hydrogen) atoms. The maximum Gasteiger partial charge on any atom is 0.272 e. The summed E-state index contributed by atoms with van der Waals surface area (Å²) in [5, 5.41) is 12.1. The molecule has 7 rings (SSSR count). The van der Waals surface area contributed by atoms with Crippen LogP contribution in [0.1, 0.15) is 29.4 Å². The van der Waals surface area contributed by atoms with Crippen LogP contribution in [0.15, 0.2) is 79.1 Å². The second-order valence-electron chi connectivity index (χ2n) is 10.5. The Bertz CT molecular complexity index is 1920. The van der Waals surface area contributed by atoms with Gasteiger partial charge in [0.15, 0.2) is 5.65 Å². The third kappa shape index (κ3) is 4.42. The molecule has 0 radical (unpaired) electrons. The van der Waals surface area contributed by atoms with E-state index < -0.39 is 0 Å². The number of benzene rings is 3. The molecule has 0 bridgehead atoms. The maximum atomic E-state index is 13.7. The number of nitrogens with two attached hydrogens (primary N) is 2. The molecule has 6 aromatic rings. The third-order valence-electron chi connectivity index (χ3n) is 7.99. The van der Waals surface area contributed by atoms with Gasteiger partial charge in [0.05, 0.1) is 37.3 Å². The van der Waals surface area contributed by atoms with Crippen molar-refractivity contribution in [3.8, 4) is 28.1 Å². The van der Waals surface area contributed by atoms with Gasteiger partial charge in [-0.3, -0.25) is 4.79 Å². The van der Waals surface area contributed by atoms with Gasteiger partial charge in [0.2, 0.25) is 0 Å². The predicted octanol–water partition coefficient (Wildman–Crippen LogP) is 4.38. The molecule has 1 amide bonds. The van der Waals surface area contributed by atoms with Crippen molar-refractivity contribution in [1.29, 1.82) is 0 Å². The highest BCUT2D eigenvalue weighted by molar-refractivity contribution is 6.14. The Balaban J connectivity index is 1.26. The van der Waals surface area contributed by atoms with Crippen molar-refractivity contribution in [3.63, 3.8) is 0 Å². The summed E-state index contributed by atoms with van der Waals surface area (Å²) in [6, 6.07) is 23.7. The van der Waals surface area contributed by atoms with E-state index in [9.17, 15) is 4.79 Å². The number of quaternary nitrogens is 1. The first-order valence-electron chi connectivity index (χ1n) is 14.1. The van der Waals surface area contributed by atoms with E-state index in [1.165, 1.54) is 6.33 Å². The summed E-state index contributed by atoms with van der Waals surface area (Å²) in [5.41, 5.74) is 12.3. The van der Waals surface area contributed by atoms with E-state index in [1.54, 1.807) is 7.11 Å². The average molecular weight is 560 g/mol. The summed E-state index contributed by atoms with van der Waals surface area (Å²) >= 11 is 0. The molecule has 10 nitrogen and oxygen atoms in total. The van der Waals surface area contributed by atoms with Crippen molar-refractivity contribution in [2.75, 3.05) is 31.2 Å². The fourth-order valence-electron chi connectivity index (χ4n) is 5.95. The van der Waals surface area contributed by atoms with Crippen LogP contribution in [-0.2, 0) is 0 Å². The second kappa shape index (κ2) is 10.6. The van der Waals surface area contributed by atoms with E-state index in [0.29, 0.717) is 28.6 Å². The molecule has 4 heterocycles. The number of amides is 1. The van der Waals surface area contributed by atoms with Crippen LogP contribution < -0.4 is 21.1 Å². The first-order valence-corrected chi connectivity index (χ1v) is 14.1. The minimum absolute atomic E-state index is 0.246. The average Bonchev–Trinajstić information content (AvgIpc) is 3.63. The molecule has 3 aromatic heterocycles. The Morgan fingerprint density at radius 1 is 1.02 bits per heavy atom. The molecule has 210 valence electrons. The molecular weight excluding hydrogens is 528 g/mol. The van der Waals surface area contributed by atoms with Crippen LogP contribution in [0.3, 0.4) is 0 Å². The molecule has 0 saturated carbocycles. The number of methoxy groups -OCH3 is 1. The van der Waals surface area contributed by atoms with Gasteiger partial charge in [0, 0.05) is 34.9 Å². The van der Waals surface area contributed by atoms with Gasteiger partial charge in [-0.2, -0.15) is 5.10 Å². The number of hydrogen-bond donors (Lipinski definition) is 4. The Morgan fingerprint density at radius 3 is 2.62 bits per heavy atom. The van der Waals surface area contributed by atoms with Gasteiger partial charge in [-0.15, -0.1) is 0 Å². The van der Waals surface area contributed by atoms with E-state index in [4.69, 9.17) is 15.6 Å². The van der Waals surface area contributed by atoms with E-state index in [0.717, 1.165) is 64.6 Å². The molecule has 1 aliphatic heterocycles. The number of aromatic nitrogens is 5. The van der Waals surface area contributed by atoms with Gasteiger partial charge in [-0.1, -0.05) is 54.6 Å². The molecular formula is C32H31N8O2+. The van der Waals surface area contributed by atoms with Crippen molar-refractivity contribution in [2.24, 2.45) is 0 Å². The van der Waals surface area contributed by atoms with Gasteiger partial charge in [-0.05, 0) is 23.8 Å². The number of nitrogens with one attached hydrogen (secondary N) is 2. The Morgan fingerprint density at radius 2 is 1.81 bits per heavy atom. The highest BCUT2D eigenvalue weighted by atomic mass is 16.5. The monoisotopic (exact) mass is 559 g/mol. The van der Waals surface area contributed by atoms with Crippen molar-refractivity contribution in [1.82, 2.24) is 24.7 Å². The quantitative estimate of drug-likeness (QED) is 0.239. The molecule has 0 spiro atoms. The van der Waals surface area contributed by atoms with Gasteiger partial charge in [0.1, 0.15) is 29.3 Å². The predicted molar refractivity (Wildman–Crippen MR) is 163 cm³/mol. The van der Waals surface area contributed by atoms with E-state index in [2.05, 4.69) is 25.6 Å². The molecule has 6 N–H and O–H groups in total. The first kappa shape index (κ1) is 25.7. The summed E-state index contributed by atoms with van der Waals surface area (Å²) < 4.78 is 7.76. The summed E-state index contributed by atoms with van der Waals surface area (Å²) in [6.45, 7) is 2.10. The largest absolute Gasteiger partial charge is 0.495 e. The first-order chi connectivity index (χ1) is 20.6. The maximum absolute atomic E-state index is 13.7. The van der Waals surface area contributed by atoms with Crippen LogP contribution >= 0.6 is 0 Å². The van der Waals surface area contributed by atoms with Gasteiger partial charge in [-0.25, -0.2) is 14.6 Å². The highest BCUT2D eigenvalue weighted by Gasteiger charge is 2.26. The molecule has 0 aliphatic carbocycles. The number of piperidine rings is 1. The number of aromatic amines is 1. The van der Waals surface area contributed by atoms with Crippen LogP contribution in [0.2, 0.25) is 0 Å². The zero-order chi connectivity index (χ0) is 28.6. The molecule has 3 aromatic carbocycles. The number of hydrogen-bond acceptors (Lipinski definition) is 6. The lowest BCUT2D eigenvalue weighted by molar-refractivity contribution is -0.664. The fourth-order valence-corrected chi connectivity index (χ4v) is 5.95. The lowest BCUT2D eigenvalue weighted by Gasteiger charge is -2.21. The highest BCUT2D eigenvalue weighted by Crippen LogP contribution is 2.38. The van der Waals surface area contributed by atoms with E-state index in [-0.39, 0.29) is 11.9 Å². The third-order valence-corrected chi connectivity index (χ3v) is 7.99. The standard InChI is InChI=1S/C32H30N8O2/c1-42-25-17-20(28-27-30(33)35-18-36-31(27)40(39-28)21-13-15-34-16-14-21)11-12-24(25)38-32(41)29-26(19-7-3-2-4-8-19)22-9-5-6-10-23(22)37-29/h2-12,17-18,21,34,37H,13-16H2,1H3,(H,38,41)(H2,33,35,36)/p+1. The number of carbonyl (C=O) groups excluding carboxylic acids is 1. The van der Waals surface area contributed by atoms with Crippen LogP contribution in [0.4, 0.5) is 11.5 Å². The Labute approximate surface area is 241 Å². The zero-order valence-electron chi connectivity index (χ0n) is 23.2. The molecule has 1 aliphatic rings. The fraction of sp³-hybridized carbons (Fsp3) is 0.188. The number of carbonyl (C=O) groups is 1. The summed E-state index contributed by atoms with van der Waals surface area (Å²) in [4.78, 5) is 25.9. The number of para-hydroxylation sites is 1. The number of fused-ring (bicyclic) bond motifs is 2. The Kier molecular flexibility index (Phi) is 6.52. The number of ether oxygens (including phenoxy) is 1. The van der Waals surface area contributed by atoms with E-state index >= 15 is 0 Å². The summed E-state index contributed by atoms with van der Waals surface area (Å²) in [5.74, 6) is 0.619. The van der Waals surface area contributed by atoms with Crippen LogP contribution in [-0.4, -0.2) is 50.8 Å². The number of nitrogen functional groups attached to an aromatic ring is 1. The van der Waals surface area contributed by atoms with Crippen molar-refractivity contribution in [2.45, 2.75) is 18.9 Å². The Hall–Kier alpha value is -5.22. The van der Waals surface area contributed by atoms with Crippen LogP contribution in [0, 0.1) is 0 Å². The normalized spacial score (nSPS) is 13.9. The van der Waals surface area contributed by atoms with Crippen LogP contribution in [0.5, 0.6) is 5.75 Å². The minimum atomic E-state index is -0.266. The van der Waals surface area contributed by atoms with Crippen LogP contribution in [0.25, 0.3) is 44.3 Å². The van der Waals surface area contributed by atoms with Crippen molar-refractivity contribution in [3.05, 3.63) is 84.8 Å². The number of rotatable bonds is 6. The van der Waals surface area contributed by atoms with Gasteiger partial charge < -0.3 is 26.1 Å². The molecule has 10 heteroatoms. The lowest BCUT2D eigenvalue weighted by Crippen LogP contribution is -2.86. The summed E-state index contributed by atoms with van der Waals surface area (Å²) in [6.07, 6.45) is 3.50. The summed E-state index contributed by atoms with van der Waals surface area (Å²) in [7, 11) is 1.58. The smallest absolute Gasteiger partial charge is 0.272 e. The molecule has 0 unspecified atom stereocenters. The van der Waals surface area contributed by atoms with Crippen molar-refractivity contribution < 1.29 is 14.8 Å². The van der Waals surface area contributed by atoms with Gasteiger partial charge in [0.25, 0.3) is 5.91 Å². The van der Waals surface area contributed by atoms with Gasteiger partial charge >= 0.3 is 0 Å². The second-order valence-corrected chi connectivity index (χ2v) is 10.5. The SMILES string of the molecule is COc1cc(-c2nn(C3CC[NH2+]CC3)c3ncnc(N)c23)ccc1NC(=O)c1[nH]c2ccccc2c1-c1ccccc1. The zero-order valence-corrected chi connectivity index (χ0v) is 23.2. The minimum Gasteiger partial charge on any atom is -0.495 e. The number of nitrogens with zero attached hydrogens (tertiary/aromatic N) is 4. The molecule has 0 atom stereocenters. The topological polar surface area (TPSA) is 140 Å². The van der Waals surface area contributed by atoms with Crippen molar-refractivity contribution >= 4 is 39.3 Å². The number of anilines is 2. The lowest BCUT2D eigenvalue weighted by atomic mass is 10.0. The number of H-pyrrole nitrogens is 1. The molecule has 1 fully saturated rings.